The molecule has 1 saturated heterocycles. The van der Waals surface area contributed by atoms with Crippen molar-refractivity contribution >= 4 is 17.3 Å². The van der Waals surface area contributed by atoms with Crippen molar-refractivity contribution in [2.75, 3.05) is 36.4 Å². The molecule has 1 unspecified atom stereocenters. The Bertz CT molecular complexity index is 805. The number of hydrogen-bond acceptors (Lipinski definition) is 5. The number of anilines is 2. The van der Waals surface area contributed by atoms with E-state index in [1.807, 2.05) is 19.1 Å². The second-order valence-electron chi connectivity index (χ2n) is 6.40. The van der Waals surface area contributed by atoms with Gasteiger partial charge in [0, 0.05) is 37.6 Å². The van der Waals surface area contributed by atoms with Crippen LogP contribution in [0.1, 0.15) is 12.5 Å². The molecule has 1 heterocycles. The van der Waals surface area contributed by atoms with Crippen LogP contribution in [0.3, 0.4) is 0 Å². The molecule has 2 aromatic carbocycles. The predicted octanol–water partition coefficient (Wildman–Crippen LogP) is 2.41. The second-order valence-corrected chi connectivity index (χ2v) is 6.40. The first-order valence-electron chi connectivity index (χ1n) is 8.66. The third-order valence-electron chi connectivity index (χ3n) is 4.72. The molecule has 0 saturated carbocycles. The summed E-state index contributed by atoms with van der Waals surface area (Å²) in [6.07, 6.45) is 0. The lowest BCUT2D eigenvalue weighted by atomic mass is 10.1. The highest BCUT2D eigenvalue weighted by atomic mass is 16.3. The van der Waals surface area contributed by atoms with E-state index in [-0.39, 0.29) is 17.7 Å². The third kappa shape index (κ3) is 4.13. The van der Waals surface area contributed by atoms with Crippen molar-refractivity contribution in [3.8, 4) is 11.8 Å². The van der Waals surface area contributed by atoms with Crippen LogP contribution in [-0.2, 0) is 4.79 Å². The highest BCUT2D eigenvalue weighted by Crippen LogP contribution is 2.20. The summed E-state index contributed by atoms with van der Waals surface area (Å²) in [5.41, 5.74) is 2.24. The molecule has 1 amide bonds. The minimum absolute atomic E-state index is 0.0711. The standard InChI is InChI=1S/C20H22N4O2/c1-15(20(26)22-17-4-2-3-16(13-17)14-21)23-9-11-24(12-10-23)18-5-7-19(25)8-6-18/h2-8,13,15,25H,9-12H2,1H3,(H,22,26). The molecular weight excluding hydrogens is 328 g/mol. The van der Waals surface area contributed by atoms with Crippen LogP contribution in [0, 0.1) is 11.3 Å². The molecule has 1 fully saturated rings. The summed E-state index contributed by atoms with van der Waals surface area (Å²) in [5.74, 6) is 0.191. The van der Waals surface area contributed by atoms with Gasteiger partial charge in [-0.25, -0.2) is 0 Å². The first kappa shape index (κ1) is 17.8. The molecule has 3 rings (SSSR count). The van der Waals surface area contributed by atoms with E-state index in [4.69, 9.17) is 5.26 Å². The number of hydrogen-bond donors (Lipinski definition) is 2. The Kier molecular flexibility index (Phi) is 5.40. The number of rotatable bonds is 4. The highest BCUT2D eigenvalue weighted by Gasteiger charge is 2.25. The summed E-state index contributed by atoms with van der Waals surface area (Å²) in [5, 5.41) is 21.2. The van der Waals surface area contributed by atoms with Gasteiger partial charge < -0.3 is 15.3 Å². The van der Waals surface area contributed by atoms with Gasteiger partial charge in [0.25, 0.3) is 0 Å². The van der Waals surface area contributed by atoms with Crippen LogP contribution in [-0.4, -0.2) is 48.1 Å². The van der Waals surface area contributed by atoms with E-state index in [1.165, 1.54) is 0 Å². The van der Waals surface area contributed by atoms with Gasteiger partial charge in [0.05, 0.1) is 17.7 Å². The normalized spacial score (nSPS) is 15.9. The minimum Gasteiger partial charge on any atom is -0.508 e. The average Bonchev–Trinajstić information content (AvgIpc) is 2.68. The fourth-order valence-electron chi connectivity index (χ4n) is 3.11. The van der Waals surface area contributed by atoms with Crippen LogP contribution in [0.25, 0.3) is 0 Å². The van der Waals surface area contributed by atoms with Crippen molar-refractivity contribution in [1.29, 1.82) is 5.26 Å². The summed E-state index contributed by atoms with van der Waals surface area (Å²) in [7, 11) is 0. The van der Waals surface area contributed by atoms with Crippen LogP contribution in [0.15, 0.2) is 48.5 Å². The molecule has 0 radical (unpaired) electrons. The minimum atomic E-state index is -0.247. The van der Waals surface area contributed by atoms with E-state index in [1.54, 1.807) is 36.4 Å². The Balaban J connectivity index is 1.55. The van der Waals surface area contributed by atoms with Crippen molar-refractivity contribution in [2.24, 2.45) is 0 Å². The van der Waals surface area contributed by atoms with Crippen LogP contribution < -0.4 is 10.2 Å². The van der Waals surface area contributed by atoms with Crippen molar-refractivity contribution in [3.05, 3.63) is 54.1 Å². The van der Waals surface area contributed by atoms with Gasteiger partial charge in [-0.15, -0.1) is 0 Å². The first-order valence-corrected chi connectivity index (χ1v) is 8.66. The Morgan fingerprint density at radius 2 is 1.85 bits per heavy atom. The van der Waals surface area contributed by atoms with Crippen molar-refractivity contribution < 1.29 is 9.90 Å². The number of nitrogens with one attached hydrogen (secondary N) is 1. The van der Waals surface area contributed by atoms with Crippen LogP contribution in [0.5, 0.6) is 5.75 Å². The van der Waals surface area contributed by atoms with E-state index in [0.717, 1.165) is 31.9 Å². The number of amides is 1. The van der Waals surface area contributed by atoms with Gasteiger partial charge in [-0.1, -0.05) is 6.07 Å². The predicted molar refractivity (Wildman–Crippen MR) is 101 cm³/mol. The Morgan fingerprint density at radius 3 is 2.50 bits per heavy atom. The molecule has 134 valence electrons. The molecule has 1 aliphatic rings. The van der Waals surface area contributed by atoms with Gasteiger partial charge >= 0.3 is 0 Å². The Morgan fingerprint density at radius 1 is 1.15 bits per heavy atom. The zero-order valence-electron chi connectivity index (χ0n) is 14.7. The molecule has 1 atom stereocenters. The fraction of sp³-hybridized carbons (Fsp3) is 0.300. The molecule has 26 heavy (non-hydrogen) atoms. The molecule has 6 heteroatoms. The number of nitrogens with zero attached hydrogens (tertiary/aromatic N) is 3. The number of phenolic OH excluding ortho intramolecular Hbond substituents is 1. The SMILES string of the molecule is CC(C(=O)Nc1cccc(C#N)c1)N1CCN(c2ccc(O)cc2)CC1. The van der Waals surface area contributed by atoms with Crippen LogP contribution >= 0.6 is 0 Å². The monoisotopic (exact) mass is 350 g/mol. The molecule has 0 spiro atoms. The van der Waals surface area contributed by atoms with Crippen molar-refractivity contribution in [1.82, 2.24) is 4.90 Å². The number of nitriles is 1. The van der Waals surface area contributed by atoms with Crippen LogP contribution in [0.2, 0.25) is 0 Å². The van der Waals surface area contributed by atoms with E-state index < -0.39 is 0 Å². The first-order chi connectivity index (χ1) is 12.6. The lowest BCUT2D eigenvalue weighted by Gasteiger charge is -2.38. The maximum absolute atomic E-state index is 12.5. The van der Waals surface area contributed by atoms with Gasteiger partial charge in [0.2, 0.25) is 5.91 Å². The molecule has 2 N–H and O–H groups in total. The smallest absolute Gasteiger partial charge is 0.241 e. The topological polar surface area (TPSA) is 79.6 Å². The third-order valence-corrected chi connectivity index (χ3v) is 4.72. The van der Waals surface area contributed by atoms with E-state index in [2.05, 4.69) is 21.2 Å². The molecule has 0 aromatic heterocycles. The molecule has 6 nitrogen and oxygen atoms in total. The summed E-state index contributed by atoms with van der Waals surface area (Å²) >= 11 is 0. The Labute approximate surface area is 153 Å². The van der Waals surface area contributed by atoms with Gasteiger partial charge in [-0.2, -0.15) is 5.26 Å². The number of phenols is 1. The zero-order valence-corrected chi connectivity index (χ0v) is 14.7. The van der Waals surface area contributed by atoms with E-state index in [0.29, 0.717) is 11.3 Å². The van der Waals surface area contributed by atoms with Gasteiger partial charge in [0.15, 0.2) is 0 Å². The van der Waals surface area contributed by atoms with Gasteiger partial charge in [0.1, 0.15) is 5.75 Å². The maximum Gasteiger partial charge on any atom is 0.241 e. The molecule has 0 bridgehead atoms. The maximum atomic E-state index is 12.5. The molecule has 2 aromatic rings. The summed E-state index contributed by atoms with van der Waals surface area (Å²) in [6, 6.07) is 15.9. The number of carbonyl (C=O) groups is 1. The zero-order chi connectivity index (χ0) is 18.5. The number of piperazine rings is 1. The van der Waals surface area contributed by atoms with Crippen LogP contribution in [0.4, 0.5) is 11.4 Å². The van der Waals surface area contributed by atoms with Crippen molar-refractivity contribution in [2.45, 2.75) is 13.0 Å². The molecular formula is C20H22N4O2. The second kappa shape index (κ2) is 7.89. The lowest BCUT2D eigenvalue weighted by Crippen LogP contribution is -2.52. The molecule has 0 aliphatic carbocycles. The number of benzene rings is 2. The number of carbonyl (C=O) groups excluding carboxylic acids is 1. The quantitative estimate of drug-likeness (QED) is 0.885. The highest BCUT2D eigenvalue weighted by molar-refractivity contribution is 5.94. The van der Waals surface area contributed by atoms with Gasteiger partial charge in [-0.05, 0) is 49.4 Å². The lowest BCUT2D eigenvalue weighted by molar-refractivity contribution is -0.120. The summed E-state index contributed by atoms with van der Waals surface area (Å²) < 4.78 is 0. The van der Waals surface area contributed by atoms with E-state index >= 15 is 0 Å². The van der Waals surface area contributed by atoms with Crippen molar-refractivity contribution in [3.63, 3.8) is 0 Å². The summed E-state index contributed by atoms with van der Waals surface area (Å²) in [4.78, 5) is 16.9. The Hall–Kier alpha value is -3.04. The van der Waals surface area contributed by atoms with Gasteiger partial charge in [-0.3, -0.25) is 9.69 Å². The molecule has 1 aliphatic heterocycles. The fourth-order valence-corrected chi connectivity index (χ4v) is 3.11. The van der Waals surface area contributed by atoms with E-state index in [9.17, 15) is 9.90 Å². The average molecular weight is 350 g/mol. The number of aromatic hydroxyl groups is 1. The largest absolute Gasteiger partial charge is 0.508 e. The summed E-state index contributed by atoms with van der Waals surface area (Å²) in [6.45, 7) is 5.12.